The summed E-state index contributed by atoms with van der Waals surface area (Å²) in [6.07, 6.45) is 5.60. The summed E-state index contributed by atoms with van der Waals surface area (Å²) in [6.45, 7) is 7.08. The normalized spacial score (nSPS) is 15.8. The Hall–Kier alpha value is -1.93. The smallest absolute Gasteiger partial charge is 0.410 e. The van der Waals surface area contributed by atoms with Gasteiger partial charge in [0.25, 0.3) is 0 Å². The molecule has 3 rings (SSSR count). The fourth-order valence-electron chi connectivity index (χ4n) is 3.64. The number of thiazole rings is 1. The highest BCUT2D eigenvalue weighted by molar-refractivity contribution is 7.90. The van der Waals surface area contributed by atoms with Crippen molar-refractivity contribution < 1.29 is 17.9 Å². The molecule has 8 heteroatoms. The molecule has 2 heterocycles. The topological polar surface area (TPSA) is 76.6 Å². The van der Waals surface area contributed by atoms with E-state index in [1.54, 1.807) is 28.4 Å². The molecular weight excluding hydrogens is 432 g/mol. The minimum Gasteiger partial charge on any atom is -0.444 e. The van der Waals surface area contributed by atoms with E-state index in [1.165, 1.54) is 6.26 Å². The van der Waals surface area contributed by atoms with Crippen LogP contribution in [0.2, 0.25) is 0 Å². The van der Waals surface area contributed by atoms with E-state index in [4.69, 9.17) is 9.72 Å². The van der Waals surface area contributed by atoms with Gasteiger partial charge < -0.3 is 9.64 Å². The molecule has 1 aromatic carbocycles. The van der Waals surface area contributed by atoms with E-state index in [1.807, 2.05) is 32.9 Å². The van der Waals surface area contributed by atoms with Gasteiger partial charge in [0.1, 0.15) is 5.60 Å². The van der Waals surface area contributed by atoms with Gasteiger partial charge in [-0.1, -0.05) is 12.1 Å². The number of likely N-dealkylation sites (tertiary alicyclic amines) is 1. The van der Waals surface area contributed by atoms with Crippen molar-refractivity contribution >= 4 is 27.3 Å². The van der Waals surface area contributed by atoms with Crippen LogP contribution in [0.15, 0.2) is 34.5 Å². The first-order valence-corrected chi connectivity index (χ1v) is 13.5. The van der Waals surface area contributed by atoms with Crippen LogP contribution in [-0.4, -0.2) is 49.3 Å². The van der Waals surface area contributed by atoms with Crippen molar-refractivity contribution in [3.05, 3.63) is 45.9 Å². The molecule has 0 atom stereocenters. The lowest BCUT2D eigenvalue weighted by molar-refractivity contribution is 0.0204. The Morgan fingerprint density at radius 2 is 1.81 bits per heavy atom. The number of ether oxygens (including phenoxy) is 1. The lowest BCUT2D eigenvalue weighted by Crippen LogP contribution is -2.41. The summed E-state index contributed by atoms with van der Waals surface area (Å²) in [4.78, 5) is 19.2. The molecule has 0 unspecified atom stereocenters. The van der Waals surface area contributed by atoms with Crippen LogP contribution in [0, 0.1) is 0 Å². The molecular formula is C23H32N2O4S2. The number of carbonyl (C=O) groups is 1. The van der Waals surface area contributed by atoms with Crippen LogP contribution in [0.3, 0.4) is 0 Å². The van der Waals surface area contributed by atoms with Gasteiger partial charge in [0.2, 0.25) is 0 Å². The summed E-state index contributed by atoms with van der Waals surface area (Å²) in [5, 5.41) is 3.30. The molecule has 0 bridgehead atoms. The molecule has 170 valence electrons. The average molecular weight is 465 g/mol. The summed E-state index contributed by atoms with van der Waals surface area (Å²) in [5.74, 6) is 0.404. The highest BCUT2D eigenvalue weighted by Crippen LogP contribution is 2.31. The molecule has 0 radical (unpaired) electrons. The SMILES string of the molecule is CC(C)(C)OC(=O)N1CCC(c2nc(CCCc3ccc(S(C)(=O)=O)cc3)cs2)CC1. The van der Waals surface area contributed by atoms with Crippen LogP contribution in [0.25, 0.3) is 0 Å². The Balaban J connectivity index is 1.45. The van der Waals surface area contributed by atoms with Crippen LogP contribution >= 0.6 is 11.3 Å². The van der Waals surface area contributed by atoms with Gasteiger partial charge in [0, 0.05) is 30.6 Å². The van der Waals surface area contributed by atoms with Crippen LogP contribution in [0.5, 0.6) is 0 Å². The number of carbonyl (C=O) groups excluding carboxylic acids is 1. The molecule has 0 saturated carbocycles. The molecule has 1 saturated heterocycles. The number of nitrogens with zero attached hydrogens (tertiary/aromatic N) is 2. The maximum atomic E-state index is 12.2. The second kappa shape index (κ2) is 9.69. The maximum absolute atomic E-state index is 12.2. The zero-order chi connectivity index (χ0) is 22.6. The number of piperidine rings is 1. The van der Waals surface area contributed by atoms with Crippen molar-refractivity contribution in [3.63, 3.8) is 0 Å². The molecule has 31 heavy (non-hydrogen) atoms. The second-order valence-corrected chi connectivity index (χ2v) is 12.1. The molecule has 1 aliphatic rings. The third kappa shape index (κ3) is 7.04. The molecule has 1 aliphatic heterocycles. The van der Waals surface area contributed by atoms with Gasteiger partial charge in [-0.3, -0.25) is 0 Å². The van der Waals surface area contributed by atoms with Gasteiger partial charge in [0.05, 0.1) is 15.6 Å². The monoisotopic (exact) mass is 464 g/mol. The Morgan fingerprint density at radius 3 is 2.39 bits per heavy atom. The van der Waals surface area contributed by atoms with Crippen LogP contribution in [-0.2, 0) is 27.4 Å². The van der Waals surface area contributed by atoms with Crippen LogP contribution in [0.1, 0.15) is 62.2 Å². The number of benzene rings is 1. The molecule has 1 amide bonds. The van der Waals surface area contributed by atoms with Crippen molar-refractivity contribution in [2.24, 2.45) is 0 Å². The Labute approximate surface area is 189 Å². The summed E-state index contributed by atoms with van der Waals surface area (Å²) < 4.78 is 28.6. The predicted molar refractivity (Wildman–Crippen MR) is 123 cm³/mol. The molecule has 0 spiro atoms. The number of hydrogen-bond acceptors (Lipinski definition) is 6. The second-order valence-electron chi connectivity index (χ2n) is 9.19. The quantitative estimate of drug-likeness (QED) is 0.612. The first-order valence-electron chi connectivity index (χ1n) is 10.7. The van der Waals surface area contributed by atoms with Gasteiger partial charge in [-0.05, 0) is 70.6 Å². The third-order valence-electron chi connectivity index (χ3n) is 5.32. The average Bonchev–Trinajstić information content (AvgIpc) is 3.15. The van der Waals surface area contributed by atoms with Gasteiger partial charge >= 0.3 is 6.09 Å². The van der Waals surface area contributed by atoms with E-state index in [9.17, 15) is 13.2 Å². The van der Waals surface area contributed by atoms with Crippen LogP contribution in [0.4, 0.5) is 4.79 Å². The first kappa shape index (κ1) is 23.7. The van der Waals surface area contributed by atoms with Gasteiger partial charge in [-0.2, -0.15) is 0 Å². The van der Waals surface area contributed by atoms with E-state index in [-0.39, 0.29) is 6.09 Å². The summed E-state index contributed by atoms with van der Waals surface area (Å²) in [5.41, 5.74) is 1.79. The summed E-state index contributed by atoms with van der Waals surface area (Å²) in [6, 6.07) is 7.13. The van der Waals surface area contributed by atoms with E-state index >= 15 is 0 Å². The van der Waals surface area contributed by atoms with Crippen molar-refractivity contribution in [1.29, 1.82) is 0 Å². The maximum Gasteiger partial charge on any atom is 0.410 e. The Bertz CT molecular complexity index is 983. The van der Waals surface area contributed by atoms with Crippen LogP contribution < -0.4 is 0 Å². The zero-order valence-corrected chi connectivity index (χ0v) is 20.4. The van der Waals surface area contributed by atoms with E-state index in [0.717, 1.165) is 48.4 Å². The minimum atomic E-state index is -3.14. The van der Waals surface area contributed by atoms with E-state index in [2.05, 4.69) is 5.38 Å². The number of hydrogen-bond donors (Lipinski definition) is 0. The fraction of sp³-hybridized carbons (Fsp3) is 0.565. The Kier molecular flexibility index (Phi) is 7.42. The van der Waals surface area contributed by atoms with Gasteiger partial charge in [0.15, 0.2) is 9.84 Å². The first-order chi connectivity index (χ1) is 14.5. The lowest BCUT2D eigenvalue weighted by atomic mass is 9.98. The van der Waals surface area contributed by atoms with Crippen molar-refractivity contribution in [3.8, 4) is 0 Å². The Morgan fingerprint density at radius 1 is 1.16 bits per heavy atom. The molecule has 1 fully saturated rings. The van der Waals surface area contributed by atoms with Gasteiger partial charge in [-0.15, -0.1) is 11.3 Å². The highest BCUT2D eigenvalue weighted by Gasteiger charge is 2.28. The number of amides is 1. The van der Waals surface area contributed by atoms with Crippen molar-refractivity contribution in [2.45, 2.75) is 69.3 Å². The molecule has 6 nitrogen and oxygen atoms in total. The molecule has 2 aromatic rings. The zero-order valence-electron chi connectivity index (χ0n) is 18.8. The number of rotatable bonds is 6. The molecule has 0 aliphatic carbocycles. The summed E-state index contributed by atoms with van der Waals surface area (Å²) >= 11 is 1.71. The molecule has 0 N–H and O–H groups in total. The molecule has 1 aromatic heterocycles. The van der Waals surface area contributed by atoms with E-state index in [0.29, 0.717) is 23.9 Å². The number of sulfone groups is 1. The fourth-order valence-corrected chi connectivity index (χ4v) is 5.29. The lowest BCUT2D eigenvalue weighted by Gasteiger charge is -2.32. The predicted octanol–water partition coefficient (Wildman–Crippen LogP) is 4.84. The number of aryl methyl sites for hydroxylation is 2. The highest BCUT2D eigenvalue weighted by atomic mass is 32.2. The van der Waals surface area contributed by atoms with Crippen molar-refractivity contribution in [2.75, 3.05) is 19.3 Å². The van der Waals surface area contributed by atoms with Gasteiger partial charge in [-0.25, -0.2) is 18.2 Å². The van der Waals surface area contributed by atoms with Crippen molar-refractivity contribution in [1.82, 2.24) is 9.88 Å². The number of aromatic nitrogens is 1. The summed E-state index contributed by atoms with van der Waals surface area (Å²) in [7, 11) is -3.14. The third-order valence-corrected chi connectivity index (χ3v) is 7.50. The standard InChI is InChI=1S/C23H32N2O4S2/c1-23(2,3)29-22(26)25-14-12-18(13-15-25)21-24-19(16-30-21)7-5-6-17-8-10-20(11-9-17)31(4,27)28/h8-11,16,18H,5-7,12-15H2,1-4H3. The minimum absolute atomic E-state index is 0.227. The largest absolute Gasteiger partial charge is 0.444 e. The van der Waals surface area contributed by atoms with E-state index < -0.39 is 15.4 Å².